The van der Waals surface area contributed by atoms with Crippen LogP contribution in [0.5, 0.6) is 0 Å². The second-order valence-corrected chi connectivity index (χ2v) is 6.24. The van der Waals surface area contributed by atoms with Crippen LogP contribution in [0, 0.1) is 0 Å². The van der Waals surface area contributed by atoms with Crippen molar-refractivity contribution in [1.29, 1.82) is 0 Å². The van der Waals surface area contributed by atoms with Gasteiger partial charge in [0.25, 0.3) is 0 Å². The summed E-state index contributed by atoms with van der Waals surface area (Å²) in [5.41, 5.74) is 0.557. The van der Waals surface area contributed by atoms with Gasteiger partial charge in [-0.2, -0.15) is 0 Å². The van der Waals surface area contributed by atoms with Crippen LogP contribution in [-0.4, -0.2) is 57.1 Å². The van der Waals surface area contributed by atoms with Crippen LogP contribution < -0.4 is 0 Å². The lowest BCUT2D eigenvalue weighted by molar-refractivity contribution is -0.149. The summed E-state index contributed by atoms with van der Waals surface area (Å²) < 4.78 is 16.1. The maximum atomic E-state index is 12.5. The molecule has 0 radical (unpaired) electrons. The molecule has 1 aromatic carbocycles. The fourth-order valence-electron chi connectivity index (χ4n) is 3.58. The molecule has 0 amide bonds. The average molecular weight is 319 g/mol. The molecule has 2 heterocycles. The minimum Gasteiger partial charge on any atom is -0.468 e. The Morgan fingerprint density at radius 2 is 1.87 bits per heavy atom. The Bertz CT molecular complexity index is 505. The van der Waals surface area contributed by atoms with Gasteiger partial charge in [0.05, 0.1) is 25.7 Å². The molecule has 126 valence electrons. The first-order valence-electron chi connectivity index (χ1n) is 8.34. The van der Waals surface area contributed by atoms with E-state index in [0.717, 1.165) is 44.5 Å². The molecular weight excluding hydrogens is 294 g/mol. The third-order valence-electron chi connectivity index (χ3n) is 4.98. The van der Waals surface area contributed by atoms with Crippen molar-refractivity contribution in [2.45, 2.75) is 31.0 Å². The van der Waals surface area contributed by atoms with Crippen molar-refractivity contribution in [3.8, 4) is 0 Å². The molecule has 2 aliphatic rings. The van der Waals surface area contributed by atoms with E-state index in [1.807, 2.05) is 30.3 Å². The first kappa shape index (κ1) is 16.4. The van der Waals surface area contributed by atoms with E-state index in [9.17, 15) is 4.79 Å². The Balaban J connectivity index is 1.62. The summed E-state index contributed by atoms with van der Waals surface area (Å²) >= 11 is 0. The number of hydrogen-bond acceptors (Lipinski definition) is 5. The van der Waals surface area contributed by atoms with Gasteiger partial charge in [-0.1, -0.05) is 30.3 Å². The molecule has 2 aliphatic heterocycles. The lowest BCUT2D eigenvalue weighted by Gasteiger charge is -2.40. The standard InChI is InChI=1S/C18H25NO4/c1-21-17(20)18(15-5-3-2-4-6-15)8-11-19(12-9-18)10-7-16-22-13-14-23-16/h2-6,16H,7-14H2,1H3. The third-order valence-corrected chi connectivity index (χ3v) is 4.98. The van der Waals surface area contributed by atoms with Crippen LogP contribution in [-0.2, 0) is 24.4 Å². The van der Waals surface area contributed by atoms with E-state index in [2.05, 4.69) is 4.90 Å². The fraction of sp³-hybridized carbons (Fsp3) is 0.611. The zero-order valence-electron chi connectivity index (χ0n) is 13.7. The molecular formula is C18H25NO4. The highest BCUT2D eigenvalue weighted by Gasteiger charge is 2.43. The highest BCUT2D eigenvalue weighted by molar-refractivity contribution is 5.83. The monoisotopic (exact) mass is 319 g/mol. The van der Waals surface area contributed by atoms with E-state index in [0.29, 0.717) is 13.2 Å². The summed E-state index contributed by atoms with van der Waals surface area (Å²) in [6.07, 6.45) is 2.40. The maximum absolute atomic E-state index is 12.5. The lowest BCUT2D eigenvalue weighted by Crippen LogP contribution is -2.48. The van der Waals surface area contributed by atoms with E-state index < -0.39 is 5.41 Å². The summed E-state index contributed by atoms with van der Waals surface area (Å²) in [4.78, 5) is 14.9. The number of piperidine rings is 1. The number of rotatable bonds is 5. The second-order valence-electron chi connectivity index (χ2n) is 6.24. The van der Waals surface area contributed by atoms with Gasteiger partial charge >= 0.3 is 5.97 Å². The molecule has 0 bridgehead atoms. The van der Waals surface area contributed by atoms with E-state index >= 15 is 0 Å². The number of hydrogen-bond donors (Lipinski definition) is 0. The first-order valence-corrected chi connectivity index (χ1v) is 8.34. The Kier molecular flexibility index (Phi) is 5.30. The number of esters is 1. The first-order chi connectivity index (χ1) is 11.2. The van der Waals surface area contributed by atoms with Gasteiger partial charge in [0.15, 0.2) is 6.29 Å². The number of carbonyl (C=O) groups excluding carboxylic acids is 1. The summed E-state index contributed by atoms with van der Waals surface area (Å²) in [6, 6.07) is 10.0. The van der Waals surface area contributed by atoms with Gasteiger partial charge in [-0.05, 0) is 31.5 Å². The van der Waals surface area contributed by atoms with Crippen LogP contribution in [0.3, 0.4) is 0 Å². The molecule has 2 fully saturated rings. The van der Waals surface area contributed by atoms with Crippen LogP contribution >= 0.6 is 0 Å². The van der Waals surface area contributed by atoms with E-state index in [1.54, 1.807) is 0 Å². The molecule has 0 aromatic heterocycles. The van der Waals surface area contributed by atoms with E-state index in [1.165, 1.54) is 7.11 Å². The second kappa shape index (κ2) is 7.43. The highest BCUT2D eigenvalue weighted by atomic mass is 16.7. The van der Waals surface area contributed by atoms with Gasteiger partial charge in [-0.3, -0.25) is 4.79 Å². The third kappa shape index (κ3) is 3.57. The Morgan fingerprint density at radius 1 is 1.22 bits per heavy atom. The van der Waals surface area contributed by atoms with Crippen LogP contribution in [0.25, 0.3) is 0 Å². The fourth-order valence-corrected chi connectivity index (χ4v) is 3.58. The molecule has 0 atom stereocenters. The molecule has 5 nitrogen and oxygen atoms in total. The molecule has 0 aliphatic carbocycles. The topological polar surface area (TPSA) is 48.0 Å². The number of likely N-dealkylation sites (tertiary alicyclic amines) is 1. The minimum atomic E-state index is -0.507. The van der Waals surface area contributed by atoms with E-state index in [-0.39, 0.29) is 12.3 Å². The zero-order valence-corrected chi connectivity index (χ0v) is 13.7. The van der Waals surface area contributed by atoms with Gasteiger partial charge in [-0.15, -0.1) is 0 Å². The zero-order chi connectivity index (χ0) is 16.1. The molecule has 23 heavy (non-hydrogen) atoms. The van der Waals surface area contributed by atoms with Crippen molar-refractivity contribution in [2.24, 2.45) is 0 Å². The smallest absolute Gasteiger partial charge is 0.316 e. The molecule has 1 aromatic rings. The van der Waals surface area contributed by atoms with Crippen LogP contribution in [0.2, 0.25) is 0 Å². The van der Waals surface area contributed by atoms with Crippen molar-refractivity contribution in [3.05, 3.63) is 35.9 Å². The summed E-state index contributed by atoms with van der Waals surface area (Å²) in [7, 11) is 1.48. The summed E-state index contributed by atoms with van der Waals surface area (Å²) in [6.45, 7) is 4.11. The number of ether oxygens (including phenoxy) is 3. The highest BCUT2D eigenvalue weighted by Crippen LogP contribution is 2.36. The SMILES string of the molecule is COC(=O)C1(c2ccccc2)CCN(CCC2OCCO2)CC1. The molecule has 3 rings (SSSR count). The molecule has 0 spiro atoms. The number of carbonyl (C=O) groups is 1. The van der Waals surface area contributed by atoms with Gasteiger partial charge < -0.3 is 19.1 Å². The summed E-state index contributed by atoms with van der Waals surface area (Å²) in [5, 5.41) is 0. The normalized spacial score (nSPS) is 22.1. The van der Waals surface area contributed by atoms with Crippen molar-refractivity contribution in [1.82, 2.24) is 4.90 Å². The van der Waals surface area contributed by atoms with Crippen molar-refractivity contribution < 1.29 is 19.0 Å². The average Bonchev–Trinajstić information content (AvgIpc) is 3.14. The molecule has 2 saturated heterocycles. The molecule has 5 heteroatoms. The van der Waals surface area contributed by atoms with Gasteiger partial charge in [0.2, 0.25) is 0 Å². The molecule has 0 unspecified atom stereocenters. The lowest BCUT2D eigenvalue weighted by atomic mass is 9.72. The number of nitrogens with zero attached hydrogens (tertiary/aromatic N) is 1. The van der Waals surface area contributed by atoms with E-state index in [4.69, 9.17) is 14.2 Å². The Morgan fingerprint density at radius 3 is 2.48 bits per heavy atom. The van der Waals surface area contributed by atoms with Crippen molar-refractivity contribution in [2.75, 3.05) is 40.0 Å². The molecule has 0 N–H and O–H groups in total. The van der Waals surface area contributed by atoms with Crippen LogP contribution in [0.15, 0.2) is 30.3 Å². The predicted octanol–water partition coefficient (Wildman–Crippen LogP) is 1.96. The van der Waals surface area contributed by atoms with Crippen molar-refractivity contribution >= 4 is 5.97 Å². The minimum absolute atomic E-state index is 0.0589. The quantitative estimate of drug-likeness (QED) is 0.777. The Labute approximate surface area is 137 Å². The van der Waals surface area contributed by atoms with Gasteiger partial charge in [0.1, 0.15) is 0 Å². The maximum Gasteiger partial charge on any atom is 0.316 e. The van der Waals surface area contributed by atoms with Crippen LogP contribution in [0.1, 0.15) is 24.8 Å². The largest absolute Gasteiger partial charge is 0.468 e. The predicted molar refractivity (Wildman–Crippen MR) is 86.1 cm³/mol. The van der Waals surface area contributed by atoms with Crippen molar-refractivity contribution in [3.63, 3.8) is 0 Å². The van der Waals surface area contributed by atoms with Gasteiger partial charge in [0, 0.05) is 13.0 Å². The molecule has 0 saturated carbocycles. The van der Waals surface area contributed by atoms with Gasteiger partial charge in [-0.25, -0.2) is 0 Å². The van der Waals surface area contributed by atoms with Crippen LogP contribution in [0.4, 0.5) is 0 Å². The summed E-state index contributed by atoms with van der Waals surface area (Å²) in [5.74, 6) is -0.120. The number of methoxy groups -OCH3 is 1. The number of benzene rings is 1. The Hall–Kier alpha value is -1.43.